The lowest BCUT2D eigenvalue weighted by molar-refractivity contribution is -0.137. The molecule has 36 heavy (non-hydrogen) atoms. The number of benzene rings is 2. The van der Waals surface area contributed by atoms with Gasteiger partial charge in [-0.2, -0.15) is 0 Å². The maximum Gasteiger partial charge on any atom is 0.408 e. The molecule has 2 aromatic carbocycles. The quantitative estimate of drug-likeness (QED) is 0.379. The van der Waals surface area contributed by atoms with Crippen LogP contribution in [0.2, 0.25) is 5.02 Å². The molecule has 2 rings (SSSR count). The minimum absolute atomic E-state index is 0.321. The number of para-hydroxylation sites is 1. The Labute approximate surface area is 217 Å². The molecular weight excluding hydrogens is 482 g/mol. The number of aliphatic hydroxyl groups excluding tert-OH is 1. The zero-order chi connectivity index (χ0) is 27.2. The number of hydrogen-bond donors (Lipinski definition) is 3. The predicted molar refractivity (Wildman–Crippen MR) is 139 cm³/mol. The highest BCUT2D eigenvalue weighted by atomic mass is 35.5. The Morgan fingerprint density at radius 2 is 1.64 bits per heavy atom. The Bertz CT molecular complexity index is 1140. The zero-order valence-corrected chi connectivity index (χ0v) is 22.1. The molecule has 0 spiro atoms. The fourth-order valence-electron chi connectivity index (χ4n) is 3.69. The minimum Gasteiger partial charge on any atom is -0.444 e. The molecule has 2 atom stereocenters. The van der Waals surface area contributed by atoms with Crippen molar-refractivity contribution in [2.45, 2.75) is 59.2 Å². The lowest BCUT2D eigenvalue weighted by Gasteiger charge is -2.31. The fourth-order valence-corrected chi connectivity index (χ4v) is 3.96. The Morgan fingerprint density at radius 1 is 1.08 bits per heavy atom. The van der Waals surface area contributed by atoms with Crippen LogP contribution in [0.3, 0.4) is 0 Å². The summed E-state index contributed by atoms with van der Waals surface area (Å²) in [5.41, 5.74) is 2.23. The Kier molecular flexibility index (Phi) is 9.51. The van der Waals surface area contributed by atoms with E-state index in [9.17, 15) is 19.5 Å². The highest BCUT2D eigenvalue weighted by Gasteiger charge is 2.37. The summed E-state index contributed by atoms with van der Waals surface area (Å²) in [6.07, 6.45) is 4.84. The molecule has 0 aliphatic carbocycles. The average molecular weight is 514 g/mol. The van der Waals surface area contributed by atoms with Crippen molar-refractivity contribution in [3.63, 3.8) is 0 Å². The summed E-state index contributed by atoms with van der Waals surface area (Å²) in [5.74, 6) is -1.46. The van der Waals surface area contributed by atoms with Gasteiger partial charge in [0.2, 0.25) is 0 Å². The molecule has 0 aliphatic rings. The monoisotopic (exact) mass is 513 g/mol. The van der Waals surface area contributed by atoms with Crippen molar-refractivity contribution >= 4 is 35.2 Å². The van der Waals surface area contributed by atoms with Crippen molar-refractivity contribution in [3.05, 3.63) is 63.7 Å². The highest BCUT2D eigenvalue weighted by molar-refractivity contribution is 6.34. The van der Waals surface area contributed by atoms with E-state index < -0.39 is 42.2 Å². The smallest absolute Gasteiger partial charge is 0.408 e. The van der Waals surface area contributed by atoms with E-state index in [1.165, 1.54) is 0 Å². The zero-order valence-electron chi connectivity index (χ0n) is 21.3. The van der Waals surface area contributed by atoms with E-state index in [0.29, 0.717) is 16.3 Å². The van der Waals surface area contributed by atoms with E-state index >= 15 is 0 Å². The number of nitrogens with zero attached hydrogens (tertiary/aromatic N) is 1. The second kappa shape index (κ2) is 11.9. The number of aryl methyl sites for hydroxylation is 3. The molecular formula is C27H32ClN3O5. The van der Waals surface area contributed by atoms with Crippen molar-refractivity contribution in [2.24, 2.45) is 0 Å². The first-order valence-corrected chi connectivity index (χ1v) is 11.7. The van der Waals surface area contributed by atoms with Crippen molar-refractivity contribution < 1.29 is 24.2 Å². The fraction of sp³-hybridized carbons (Fsp3) is 0.370. The summed E-state index contributed by atoms with van der Waals surface area (Å²) in [6.45, 7) is 9.60. The van der Waals surface area contributed by atoms with Gasteiger partial charge in [0.05, 0.1) is 17.3 Å². The molecule has 0 heterocycles. The number of aliphatic hydroxyl groups is 1. The Balaban J connectivity index is 2.53. The highest BCUT2D eigenvalue weighted by Crippen LogP contribution is 2.31. The van der Waals surface area contributed by atoms with Crippen LogP contribution in [0, 0.1) is 33.2 Å². The Morgan fingerprint density at radius 3 is 2.14 bits per heavy atom. The van der Waals surface area contributed by atoms with Gasteiger partial charge < -0.3 is 20.5 Å². The lowest BCUT2D eigenvalue weighted by Crippen LogP contribution is -2.52. The normalized spacial score (nSPS) is 12.6. The van der Waals surface area contributed by atoms with Crippen LogP contribution in [0.1, 0.15) is 49.1 Å². The molecule has 0 aliphatic heterocycles. The van der Waals surface area contributed by atoms with Crippen molar-refractivity contribution in [3.8, 4) is 12.5 Å². The van der Waals surface area contributed by atoms with Crippen molar-refractivity contribution in [2.75, 3.05) is 11.9 Å². The van der Waals surface area contributed by atoms with E-state index in [0.717, 1.165) is 21.6 Å². The van der Waals surface area contributed by atoms with Gasteiger partial charge in [-0.1, -0.05) is 48.4 Å². The van der Waals surface area contributed by atoms with E-state index in [1.807, 2.05) is 6.07 Å². The van der Waals surface area contributed by atoms with Gasteiger partial charge in [0, 0.05) is 6.04 Å². The van der Waals surface area contributed by atoms with Crippen LogP contribution in [0.4, 0.5) is 10.5 Å². The largest absolute Gasteiger partial charge is 0.444 e. The van der Waals surface area contributed by atoms with Crippen molar-refractivity contribution in [1.29, 1.82) is 0 Å². The van der Waals surface area contributed by atoms with Crippen LogP contribution in [-0.4, -0.2) is 46.2 Å². The molecule has 8 nitrogen and oxygen atoms in total. The maximum absolute atomic E-state index is 13.7. The van der Waals surface area contributed by atoms with E-state index in [4.69, 9.17) is 22.8 Å². The number of ether oxygens (including phenoxy) is 1. The first-order chi connectivity index (χ1) is 16.8. The molecule has 0 saturated carbocycles. The summed E-state index contributed by atoms with van der Waals surface area (Å²) in [5, 5.41) is 15.3. The van der Waals surface area contributed by atoms with E-state index in [-0.39, 0.29) is 0 Å². The number of carbonyl (C=O) groups excluding carboxylic acids is 3. The summed E-state index contributed by atoms with van der Waals surface area (Å²) in [4.78, 5) is 40.3. The number of amides is 3. The molecule has 2 aromatic rings. The lowest BCUT2D eigenvalue weighted by atomic mass is 9.94. The average Bonchev–Trinajstić information content (AvgIpc) is 2.77. The van der Waals surface area contributed by atoms with E-state index in [2.05, 4.69) is 16.7 Å². The molecule has 3 N–H and O–H groups in total. The second-order valence-corrected chi connectivity index (χ2v) is 9.75. The number of alkyl carbamates (subject to hydrolysis) is 1. The van der Waals surface area contributed by atoms with Crippen LogP contribution >= 0.6 is 11.6 Å². The number of carbonyl (C=O) groups is 3. The summed E-state index contributed by atoms with van der Waals surface area (Å²) in [7, 11) is 0. The first-order valence-electron chi connectivity index (χ1n) is 11.3. The number of halogens is 1. The number of terminal acetylenes is 1. The predicted octanol–water partition coefficient (Wildman–Crippen LogP) is 4.25. The first kappa shape index (κ1) is 28.7. The second-order valence-electron chi connectivity index (χ2n) is 9.35. The SMILES string of the molecule is C#CN(C(=O)C(CO)NC(=O)OC(C)(C)C)C(C(=O)Nc1c(C)cccc1Cl)c1c(C)cccc1C. The van der Waals surface area contributed by atoms with Gasteiger partial charge in [-0.3, -0.25) is 14.5 Å². The maximum atomic E-state index is 13.7. The van der Waals surface area contributed by atoms with Gasteiger partial charge in [0.15, 0.2) is 0 Å². The minimum atomic E-state index is -1.45. The standard InChI is InChI=1S/C27H32ClN3O5/c1-8-31(25(34)20(15-32)29-26(35)36-27(5,6)7)23(21-16(2)11-9-12-17(21)3)24(33)30-22-18(4)13-10-14-19(22)28/h1,9-14,20,23,32H,15H2,2-7H3,(H,29,35)(H,30,33). The van der Waals surface area contributed by atoms with E-state index in [1.54, 1.807) is 71.9 Å². The van der Waals surface area contributed by atoms with Crippen LogP contribution < -0.4 is 10.6 Å². The third kappa shape index (κ3) is 7.00. The van der Waals surface area contributed by atoms with Crippen molar-refractivity contribution in [1.82, 2.24) is 10.2 Å². The molecule has 9 heteroatoms. The Hall–Kier alpha value is -3.54. The molecule has 192 valence electrons. The van der Waals surface area contributed by atoms with Gasteiger partial charge in [-0.15, -0.1) is 0 Å². The molecule has 3 amide bonds. The number of rotatable bonds is 7. The van der Waals surface area contributed by atoms with Crippen LogP contribution in [-0.2, 0) is 14.3 Å². The third-order valence-corrected chi connectivity index (χ3v) is 5.66. The molecule has 0 bridgehead atoms. The molecule has 2 unspecified atom stereocenters. The molecule has 0 aromatic heterocycles. The summed E-state index contributed by atoms with van der Waals surface area (Å²) in [6, 6.07) is 10.1. The van der Waals surface area contributed by atoms with Crippen LogP contribution in [0.25, 0.3) is 0 Å². The van der Waals surface area contributed by atoms with Gasteiger partial charge in [0.1, 0.15) is 17.7 Å². The third-order valence-electron chi connectivity index (χ3n) is 5.34. The van der Waals surface area contributed by atoms with Crippen LogP contribution in [0.5, 0.6) is 0 Å². The number of hydrogen-bond acceptors (Lipinski definition) is 5. The van der Waals surface area contributed by atoms with Gasteiger partial charge in [-0.05, 0) is 69.9 Å². The van der Waals surface area contributed by atoms with Gasteiger partial charge in [-0.25, -0.2) is 4.79 Å². The summed E-state index contributed by atoms with van der Waals surface area (Å²) < 4.78 is 5.19. The summed E-state index contributed by atoms with van der Waals surface area (Å²) >= 11 is 6.32. The number of anilines is 1. The molecule has 0 fully saturated rings. The van der Waals surface area contributed by atoms with Crippen LogP contribution in [0.15, 0.2) is 36.4 Å². The molecule has 0 saturated heterocycles. The number of nitrogens with one attached hydrogen (secondary N) is 2. The van der Waals surface area contributed by atoms with Gasteiger partial charge >= 0.3 is 6.09 Å². The van der Waals surface area contributed by atoms with Gasteiger partial charge in [0.25, 0.3) is 11.8 Å². The molecule has 0 radical (unpaired) electrons. The topological polar surface area (TPSA) is 108 Å².